The predicted octanol–water partition coefficient (Wildman–Crippen LogP) is 2.60. The highest BCUT2D eigenvalue weighted by atomic mass is 32.2. The number of carbonyl (C=O) groups excluding carboxylic acids is 3. The van der Waals surface area contributed by atoms with Gasteiger partial charge in [-0.05, 0) is 30.7 Å². The van der Waals surface area contributed by atoms with E-state index in [1.54, 1.807) is 55.5 Å². The largest absolute Gasteiger partial charge is 0.479 e. The summed E-state index contributed by atoms with van der Waals surface area (Å²) in [6.45, 7) is 1.35. The Morgan fingerprint density at radius 1 is 1.07 bits per heavy atom. The minimum atomic E-state index is -0.798. The van der Waals surface area contributed by atoms with Crippen LogP contribution in [0.5, 0.6) is 5.75 Å². The first-order chi connectivity index (χ1) is 13.5. The molecule has 0 fully saturated rings. The lowest BCUT2D eigenvalue weighted by molar-refractivity contribution is -0.154. The Morgan fingerprint density at radius 2 is 1.75 bits per heavy atom. The molecule has 0 saturated heterocycles. The molecule has 0 unspecified atom stereocenters. The topological polar surface area (TPSA) is 108 Å². The second-order valence-electron chi connectivity index (χ2n) is 5.73. The number of ether oxygens (including phenoxy) is 2. The van der Waals surface area contributed by atoms with E-state index in [4.69, 9.17) is 15.2 Å². The van der Waals surface area contributed by atoms with Crippen molar-refractivity contribution < 1.29 is 23.9 Å². The van der Waals surface area contributed by atoms with Gasteiger partial charge in [-0.2, -0.15) is 0 Å². The van der Waals surface area contributed by atoms with Gasteiger partial charge in [0.25, 0.3) is 5.91 Å². The van der Waals surface area contributed by atoms with E-state index in [9.17, 15) is 14.4 Å². The fraction of sp³-hybridized carbons (Fsp3) is 0.250. The van der Waals surface area contributed by atoms with Crippen LogP contribution >= 0.6 is 11.8 Å². The van der Waals surface area contributed by atoms with Gasteiger partial charge in [0.15, 0.2) is 12.7 Å². The number of thioether (sulfide) groups is 1. The Balaban J connectivity index is 1.87. The average molecular weight is 402 g/mol. The van der Waals surface area contributed by atoms with Gasteiger partial charge in [0.2, 0.25) is 5.91 Å². The number of esters is 1. The van der Waals surface area contributed by atoms with Crippen molar-refractivity contribution in [3.8, 4) is 5.75 Å². The van der Waals surface area contributed by atoms with Crippen molar-refractivity contribution in [3.63, 3.8) is 0 Å². The van der Waals surface area contributed by atoms with Crippen molar-refractivity contribution in [2.75, 3.05) is 17.7 Å². The van der Waals surface area contributed by atoms with E-state index in [1.807, 2.05) is 6.07 Å². The molecule has 0 bridgehead atoms. The number of primary amides is 1. The molecule has 2 amide bonds. The summed E-state index contributed by atoms with van der Waals surface area (Å²) in [6.07, 6.45) is -0.393. The minimum absolute atomic E-state index is 0.0941. The maximum absolute atomic E-state index is 12.2. The van der Waals surface area contributed by atoms with Crippen LogP contribution in [0.3, 0.4) is 0 Å². The van der Waals surface area contributed by atoms with Gasteiger partial charge in [0.05, 0.1) is 11.4 Å². The third-order valence-electron chi connectivity index (χ3n) is 3.53. The normalized spacial score (nSPS) is 11.3. The lowest BCUT2D eigenvalue weighted by Crippen LogP contribution is -2.31. The van der Waals surface area contributed by atoms with Crippen LogP contribution in [0.4, 0.5) is 5.69 Å². The molecule has 8 heteroatoms. The molecule has 28 heavy (non-hydrogen) atoms. The number of benzene rings is 2. The van der Waals surface area contributed by atoms with Crippen LogP contribution in [0.1, 0.15) is 13.3 Å². The van der Waals surface area contributed by atoms with Crippen LogP contribution < -0.4 is 15.8 Å². The van der Waals surface area contributed by atoms with Crippen molar-refractivity contribution in [2.24, 2.45) is 5.73 Å². The van der Waals surface area contributed by atoms with Gasteiger partial charge in [-0.3, -0.25) is 9.59 Å². The van der Waals surface area contributed by atoms with Gasteiger partial charge < -0.3 is 20.5 Å². The van der Waals surface area contributed by atoms with E-state index in [2.05, 4.69) is 5.32 Å². The zero-order chi connectivity index (χ0) is 20.4. The van der Waals surface area contributed by atoms with Crippen molar-refractivity contribution in [2.45, 2.75) is 24.3 Å². The summed E-state index contributed by atoms with van der Waals surface area (Å²) < 4.78 is 10.7. The van der Waals surface area contributed by atoms with Crippen LogP contribution in [-0.4, -0.2) is 36.2 Å². The first-order valence-electron chi connectivity index (χ1n) is 8.68. The quantitative estimate of drug-likeness (QED) is 0.467. The van der Waals surface area contributed by atoms with E-state index in [-0.39, 0.29) is 5.75 Å². The lowest BCUT2D eigenvalue weighted by Gasteiger charge is -2.16. The van der Waals surface area contributed by atoms with Crippen molar-refractivity contribution >= 4 is 35.2 Å². The Labute approximate surface area is 167 Å². The zero-order valence-corrected chi connectivity index (χ0v) is 16.2. The SMILES string of the molecule is CC[C@H](Oc1ccccc1)C(=O)OCC(=O)Nc1ccccc1SCC(N)=O. The number of nitrogens with two attached hydrogens (primary N) is 1. The molecule has 0 spiro atoms. The van der Waals surface area contributed by atoms with Gasteiger partial charge in [-0.25, -0.2) is 4.79 Å². The standard InChI is InChI=1S/C20H22N2O5S/c1-2-16(27-14-8-4-3-5-9-14)20(25)26-12-19(24)22-15-10-6-7-11-17(15)28-13-18(21)23/h3-11,16H,2,12-13H2,1H3,(H2,21,23)(H,22,24)/t16-/m0/s1. The van der Waals surface area contributed by atoms with Crippen molar-refractivity contribution in [1.29, 1.82) is 0 Å². The molecule has 0 aliphatic rings. The van der Waals surface area contributed by atoms with Crippen molar-refractivity contribution in [3.05, 3.63) is 54.6 Å². The molecule has 0 aliphatic carbocycles. The second kappa shape index (κ2) is 11.0. The Hall–Kier alpha value is -3.00. The highest BCUT2D eigenvalue weighted by molar-refractivity contribution is 8.00. The fourth-order valence-electron chi connectivity index (χ4n) is 2.22. The highest BCUT2D eigenvalue weighted by Gasteiger charge is 2.21. The summed E-state index contributed by atoms with van der Waals surface area (Å²) in [7, 11) is 0. The lowest BCUT2D eigenvalue weighted by atomic mass is 10.2. The molecule has 0 aliphatic heterocycles. The number of nitrogens with one attached hydrogen (secondary N) is 1. The molecule has 2 rings (SSSR count). The number of amides is 2. The van der Waals surface area contributed by atoms with Crippen LogP contribution in [0, 0.1) is 0 Å². The number of rotatable bonds is 10. The summed E-state index contributed by atoms with van der Waals surface area (Å²) in [5.41, 5.74) is 5.67. The summed E-state index contributed by atoms with van der Waals surface area (Å²) in [4.78, 5) is 36.0. The van der Waals surface area contributed by atoms with E-state index < -0.39 is 30.5 Å². The maximum atomic E-state index is 12.2. The van der Waals surface area contributed by atoms with E-state index in [1.165, 1.54) is 11.8 Å². The number of carbonyl (C=O) groups is 3. The van der Waals surface area contributed by atoms with Crippen LogP contribution in [-0.2, 0) is 19.1 Å². The third kappa shape index (κ3) is 6.96. The van der Waals surface area contributed by atoms with Gasteiger partial charge >= 0.3 is 5.97 Å². The molecule has 0 radical (unpaired) electrons. The van der Waals surface area contributed by atoms with E-state index in [0.29, 0.717) is 22.8 Å². The smallest absolute Gasteiger partial charge is 0.347 e. The van der Waals surface area contributed by atoms with Crippen LogP contribution in [0.15, 0.2) is 59.5 Å². The molecule has 0 aromatic heterocycles. The molecular weight excluding hydrogens is 380 g/mol. The fourth-order valence-corrected chi connectivity index (χ4v) is 2.97. The molecular formula is C20H22N2O5S. The van der Waals surface area contributed by atoms with E-state index >= 15 is 0 Å². The number of para-hydroxylation sites is 2. The maximum Gasteiger partial charge on any atom is 0.347 e. The summed E-state index contributed by atoms with van der Waals surface area (Å²) in [6, 6.07) is 15.9. The molecule has 2 aromatic rings. The highest BCUT2D eigenvalue weighted by Crippen LogP contribution is 2.26. The number of anilines is 1. The first-order valence-corrected chi connectivity index (χ1v) is 9.66. The average Bonchev–Trinajstić information content (AvgIpc) is 2.70. The molecule has 7 nitrogen and oxygen atoms in total. The summed E-state index contributed by atoms with van der Waals surface area (Å²) in [5, 5.41) is 2.67. The molecule has 0 saturated carbocycles. The number of hydrogen-bond acceptors (Lipinski definition) is 6. The Kier molecular flexibility index (Phi) is 8.36. The zero-order valence-electron chi connectivity index (χ0n) is 15.4. The monoisotopic (exact) mass is 402 g/mol. The van der Waals surface area contributed by atoms with Gasteiger partial charge in [0, 0.05) is 4.90 Å². The van der Waals surface area contributed by atoms with Crippen LogP contribution in [0.25, 0.3) is 0 Å². The Bertz CT molecular complexity index is 813. The van der Waals surface area contributed by atoms with Crippen molar-refractivity contribution in [1.82, 2.24) is 0 Å². The third-order valence-corrected chi connectivity index (χ3v) is 4.63. The molecule has 3 N–H and O–H groups in total. The summed E-state index contributed by atoms with van der Waals surface area (Å²) in [5.74, 6) is -0.912. The second-order valence-corrected chi connectivity index (χ2v) is 6.75. The minimum Gasteiger partial charge on any atom is -0.479 e. The Morgan fingerprint density at radius 3 is 2.43 bits per heavy atom. The molecule has 2 aromatic carbocycles. The number of hydrogen-bond donors (Lipinski definition) is 2. The van der Waals surface area contributed by atoms with Gasteiger partial charge in [0.1, 0.15) is 5.75 Å². The first kappa shape index (κ1) is 21.3. The molecule has 0 heterocycles. The van der Waals surface area contributed by atoms with Gasteiger partial charge in [-0.15, -0.1) is 11.8 Å². The molecule has 148 valence electrons. The molecule has 1 atom stereocenters. The van der Waals surface area contributed by atoms with Crippen LogP contribution in [0.2, 0.25) is 0 Å². The van der Waals surface area contributed by atoms with E-state index in [0.717, 1.165) is 0 Å². The summed E-state index contributed by atoms with van der Waals surface area (Å²) >= 11 is 1.21. The predicted molar refractivity (Wildman–Crippen MR) is 107 cm³/mol. The van der Waals surface area contributed by atoms with Gasteiger partial charge in [-0.1, -0.05) is 37.3 Å².